The van der Waals surface area contributed by atoms with Gasteiger partial charge < -0.3 is 5.21 Å². The molecule has 0 aliphatic carbocycles. The summed E-state index contributed by atoms with van der Waals surface area (Å²) in [5.41, 5.74) is 2.96. The van der Waals surface area contributed by atoms with Gasteiger partial charge in [0.05, 0.1) is 10.9 Å². The van der Waals surface area contributed by atoms with E-state index in [1.54, 1.807) is 12.1 Å². The van der Waals surface area contributed by atoms with Crippen molar-refractivity contribution in [2.24, 2.45) is 0 Å². The van der Waals surface area contributed by atoms with Gasteiger partial charge in [-0.1, -0.05) is 41.9 Å². The zero-order chi connectivity index (χ0) is 16.5. The summed E-state index contributed by atoms with van der Waals surface area (Å²) in [6, 6.07) is 24.4. The molecular weight excluding hydrogens is 320 g/mol. The summed E-state index contributed by atoms with van der Waals surface area (Å²) in [6.45, 7) is 0. The standard InChI is InChI=1S/C20H13ClN2O/c21-16-12-10-14(11-13-16)19-17-8-4-5-9-18(17)22-20(23(19)24)15-6-2-1-3-7-15/h1-13H. The van der Waals surface area contributed by atoms with Crippen LogP contribution < -0.4 is 4.73 Å². The average Bonchev–Trinajstić information content (AvgIpc) is 2.63. The largest absolute Gasteiger partial charge is 0.710 e. The first-order valence-electron chi connectivity index (χ1n) is 7.58. The molecule has 0 saturated heterocycles. The van der Waals surface area contributed by atoms with Crippen LogP contribution >= 0.6 is 11.6 Å². The number of para-hydroxylation sites is 1. The maximum absolute atomic E-state index is 13.1. The number of hydrogen-bond acceptors (Lipinski definition) is 2. The highest BCUT2D eigenvalue weighted by atomic mass is 35.5. The van der Waals surface area contributed by atoms with Crippen molar-refractivity contribution in [2.75, 3.05) is 0 Å². The van der Waals surface area contributed by atoms with Crippen molar-refractivity contribution in [3.8, 4) is 22.6 Å². The highest BCUT2D eigenvalue weighted by molar-refractivity contribution is 6.30. The molecule has 24 heavy (non-hydrogen) atoms. The molecule has 0 aliphatic heterocycles. The van der Waals surface area contributed by atoms with Gasteiger partial charge in [0.1, 0.15) is 5.69 Å². The maximum atomic E-state index is 13.1. The fraction of sp³-hybridized carbons (Fsp3) is 0. The van der Waals surface area contributed by atoms with E-state index in [0.717, 1.165) is 26.8 Å². The van der Waals surface area contributed by atoms with Gasteiger partial charge >= 0.3 is 5.82 Å². The Bertz CT molecular complexity index is 1010. The number of rotatable bonds is 2. The Balaban J connectivity index is 2.07. The van der Waals surface area contributed by atoms with Crippen LogP contribution in [0.1, 0.15) is 0 Å². The zero-order valence-corrected chi connectivity index (χ0v) is 13.4. The van der Waals surface area contributed by atoms with Gasteiger partial charge in [-0.3, -0.25) is 0 Å². The number of halogens is 1. The van der Waals surface area contributed by atoms with Gasteiger partial charge in [0.15, 0.2) is 5.52 Å². The molecule has 3 aromatic carbocycles. The molecule has 1 aromatic heterocycles. The Morgan fingerprint density at radius 2 is 1.42 bits per heavy atom. The van der Waals surface area contributed by atoms with Crippen molar-refractivity contribution >= 4 is 22.5 Å². The molecule has 3 nitrogen and oxygen atoms in total. The number of fused-ring (bicyclic) bond motifs is 1. The van der Waals surface area contributed by atoms with Gasteiger partial charge in [0.25, 0.3) is 0 Å². The van der Waals surface area contributed by atoms with Crippen LogP contribution in [0.2, 0.25) is 5.02 Å². The van der Waals surface area contributed by atoms with Crippen molar-refractivity contribution in [2.45, 2.75) is 0 Å². The van der Waals surface area contributed by atoms with Crippen LogP contribution in [-0.2, 0) is 0 Å². The number of aromatic nitrogens is 2. The van der Waals surface area contributed by atoms with Gasteiger partial charge in [-0.05, 0) is 53.5 Å². The molecule has 0 spiro atoms. The lowest BCUT2D eigenvalue weighted by Crippen LogP contribution is -2.33. The topological polar surface area (TPSA) is 39.8 Å². The number of benzene rings is 3. The molecule has 0 aliphatic rings. The van der Waals surface area contributed by atoms with E-state index in [0.29, 0.717) is 16.5 Å². The van der Waals surface area contributed by atoms with E-state index in [-0.39, 0.29) is 0 Å². The second kappa shape index (κ2) is 5.95. The van der Waals surface area contributed by atoms with Crippen LogP contribution in [0.3, 0.4) is 0 Å². The van der Waals surface area contributed by atoms with Crippen molar-refractivity contribution in [3.05, 3.63) is 89.1 Å². The van der Waals surface area contributed by atoms with E-state index < -0.39 is 0 Å². The van der Waals surface area contributed by atoms with E-state index in [2.05, 4.69) is 4.98 Å². The summed E-state index contributed by atoms with van der Waals surface area (Å²) >= 11 is 5.99. The Kier molecular flexibility index (Phi) is 3.63. The molecule has 4 heteroatoms. The lowest BCUT2D eigenvalue weighted by molar-refractivity contribution is -0.583. The van der Waals surface area contributed by atoms with E-state index in [1.807, 2.05) is 66.7 Å². The molecule has 0 amide bonds. The van der Waals surface area contributed by atoms with Crippen LogP contribution in [0.15, 0.2) is 78.9 Å². The van der Waals surface area contributed by atoms with E-state index in [1.165, 1.54) is 0 Å². The zero-order valence-electron chi connectivity index (χ0n) is 12.7. The van der Waals surface area contributed by atoms with Crippen molar-refractivity contribution in [1.82, 2.24) is 4.98 Å². The van der Waals surface area contributed by atoms with Crippen molar-refractivity contribution < 1.29 is 4.73 Å². The Morgan fingerprint density at radius 3 is 2.17 bits per heavy atom. The maximum Gasteiger partial charge on any atom is 0.334 e. The fourth-order valence-electron chi connectivity index (χ4n) is 2.80. The number of hydrogen-bond donors (Lipinski definition) is 0. The quantitative estimate of drug-likeness (QED) is 0.388. The van der Waals surface area contributed by atoms with Gasteiger partial charge in [-0.2, -0.15) is 0 Å². The molecular formula is C20H13ClN2O. The SMILES string of the molecule is [O-][n+]1c(-c2ccccc2)nc2ccccc2c1-c1ccc(Cl)cc1. The predicted molar refractivity (Wildman–Crippen MR) is 96.6 cm³/mol. The highest BCUT2D eigenvalue weighted by Gasteiger charge is 2.20. The minimum Gasteiger partial charge on any atom is -0.710 e. The van der Waals surface area contributed by atoms with E-state index >= 15 is 0 Å². The van der Waals surface area contributed by atoms with Crippen molar-refractivity contribution in [1.29, 1.82) is 0 Å². The summed E-state index contributed by atoms with van der Waals surface area (Å²) in [5.74, 6) is 0.388. The first-order chi connectivity index (χ1) is 11.7. The number of nitrogens with zero attached hydrogens (tertiary/aromatic N) is 2. The third-order valence-corrected chi connectivity index (χ3v) is 4.18. The molecule has 116 valence electrons. The minimum absolute atomic E-state index is 0.388. The van der Waals surface area contributed by atoms with Gasteiger partial charge in [0.2, 0.25) is 0 Å². The van der Waals surface area contributed by atoms with Crippen LogP contribution in [-0.4, -0.2) is 4.98 Å². The summed E-state index contributed by atoms with van der Waals surface area (Å²) < 4.78 is 0.904. The Morgan fingerprint density at radius 1 is 0.750 bits per heavy atom. The van der Waals surface area contributed by atoms with Crippen molar-refractivity contribution in [3.63, 3.8) is 0 Å². The molecule has 0 saturated carbocycles. The third-order valence-electron chi connectivity index (χ3n) is 3.93. The molecule has 4 aromatic rings. The van der Waals surface area contributed by atoms with Crippen LogP contribution in [0.5, 0.6) is 0 Å². The highest BCUT2D eigenvalue weighted by Crippen LogP contribution is 2.28. The molecule has 4 rings (SSSR count). The second-order valence-electron chi connectivity index (χ2n) is 5.47. The van der Waals surface area contributed by atoms with Crippen LogP contribution in [0, 0.1) is 5.21 Å². The monoisotopic (exact) mass is 332 g/mol. The summed E-state index contributed by atoms with van der Waals surface area (Å²) in [5, 5.41) is 14.5. The molecule has 0 unspecified atom stereocenters. The van der Waals surface area contributed by atoms with Crippen LogP contribution in [0.4, 0.5) is 0 Å². The first-order valence-corrected chi connectivity index (χ1v) is 7.95. The summed E-state index contributed by atoms with van der Waals surface area (Å²) in [6.07, 6.45) is 0. The first kappa shape index (κ1) is 14.7. The smallest absolute Gasteiger partial charge is 0.334 e. The third kappa shape index (κ3) is 2.49. The lowest BCUT2D eigenvalue weighted by Gasteiger charge is -2.14. The normalized spacial score (nSPS) is 10.9. The molecule has 0 N–H and O–H groups in total. The van der Waals surface area contributed by atoms with E-state index in [9.17, 15) is 5.21 Å². The molecule has 1 heterocycles. The molecule has 0 fully saturated rings. The Hall–Kier alpha value is -2.91. The average molecular weight is 333 g/mol. The fourth-order valence-corrected chi connectivity index (χ4v) is 2.92. The molecule has 0 radical (unpaired) electrons. The molecule has 0 atom stereocenters. The van der Waals surface area contributed by atoms with Gasteiger partial charge in [0, 0.05) is 10.6 Å². The second-order valence-corrected chi connectivity index (χ2v) is 5.90. The van der Waals surface area contributed by atoms with Gasteiger partial charge in [-0.15, -0.1) is 0 Å². The van der Waals surface area contributed by atoms with E-state index in [4.69, 9.17) is 11.6 Å². The minimum atomic E-state index is 0.388. The Labute approximate surface area is 144 Å². The van der Waals surface area contributed by atoms with Crippen LogP contribution in [0.25, 0.3) is 33.5 Å². The lowest BCUT2D eigenvalue weighted by atomic mass is 10.1. The summed E-state index contributed by atoms with van der Waals surface area (Å²) in [4.78, 5) is 4.57. The molecule has 0 bridgehead atoms. The van der Waals surface area contributed by atoms with Gasteiger partial charge in [-0.25, -0.2) is 4.73 Å². The summed E-state index contributed by atoms with van der Waals surface area (Å²) in [7, 11) is 0. The predicted octanol–water partition coefficient (Wildman–Crippen LogP) is 4.86.